The van der Waals surface area contributed by atoms with Crippen molar-refractivity contribution in [1.29, 1.82) is 0 Å². The molecule has 0 spiro atoms. The molecule has 2 aromatic rings. The molecule has 7 heteroatoms. The lowest BCUT2D eigenvalue weighted by molar-refractivity contribution is 0.120. The molecule has 0 aliphatic carbocycles. The number of nitrogens with zero attached hydrogens (tertiary/aromatic N) is 1. The molecule has 1 aliphatic heterocycles. The fourth-order valence-electron chi connectivity index (χ4n) is 4.00. The van der Waals surface area contributed by atoms with E-state index < -0.39 is 26.7 Å². The minimum atomic E-state index is -3.97. The molecule has 28 heavy (non-hydrogen) atoms. The molecule has 0 fully saturated rings. The third kappa shape index (κ3) is 3.18. The third-order valence-corrected chi connectivity index (χ3v) is 8.54. The molecular formula is C21H25BrNO4S-. The van der Waals surface area contributed by atoms with Gasteiger partial charge >= 0.3 is 0 Å². The summed E-state index contributed by atoms with van der Waals surface area (Å²) in [6.07, 6.45) is 0.829. The summed E-state index contributed by atoms with van der Waals surface area (Å²) in [5, 5.41) is 15.1. The maximum atomic E-state index is 13.8. The van der Waals surface area contributed by atoms with Gasteiger partial charge in [-0.2, -0.15) is 0 Å². The first kappa shape index (κ1) is 21.3. The number of fused-ring (bicyclic) bond motifs is 1. The zero-order valence-electron chi connectivity index (χ0n) is 16.3. The Morgan fingerprint density at radius 1 is 1.21 bits per heavy atom. The first-order valence-corrected chi connectivity index (χ1v) is 12.0. The van der Waals surface area contributed by atoms with Crippen molar-refractivity contribution in [2.75, 3.05) is 11.9 Å². The van der Waals surface area contributed by atoms with Crippen LogP contribution in [0.5, 0.6) is 5.75 Å². The van der Waals surface area contributed by atoms with Gasteiger partial charge in [0.2, 0.25) is 9.84 Å². The van der Waals surface area contributed by atoms with Crippen molar-refractivity contribution in [3.63, 3.8) is 0 Å². The first-order chi connectivity index (χ1) is 13.3. The zero-order chi connectivity index (χ0) is 20.5. The van der Waals surface area contributed by atoms with Crippen LogP contribution < -0.4 is 4.74 Å². The summed E-state index contributed by atoms with van der Waals surface area (Å²) in [6.45, 7) is 5.83. The van der Waals surface area contributed by atoms with Crippen LogP contribution in [-0.4, -0.2) is 25.4 Å². The summed E-state index contributed by atoms with van der Waals surface area (Å²) < 4.78 is 33.4. The zero-order valence-corrected chi connectivity index (χ0v) is 18.7. The molecule has 0 amide bonds. The minimum Gasteiger partial charge on any atom is -0.783 e. The van der Waals surface area contributed by atoms with Gasteiger partial charge in [0.25, 0.3) is 0 Å². The molecule has 0 saturated heterocycles. The van der Waals surface area contributed by atoms with Crippen LogP contribution in [0.2, 0.25) is 0 Å². The van der Waals surface area contributed by atoms with E-state index in [-0.39, 0.29) is 4.90 Å². The van der Waals surface area contributed by atoms with Crippen molar-refractivity contribution in [3.8, 4) is 5.75 Å². The van der Waals surface area contributed by atoms with Crippen molar-refractivity contribution in [1.82, 2.24) is 5.06 Å². The molecule has 3 rings (SSSR count). The predicted octanol–water partition coefficient (Wildman–Crippen LogP) is 5.01. The van der Waals surface area contributed by atoms with Crippen molar-refractivity contribution >= 4 is 25.8 Å². The van der Waals surface area contributed by atoms with E-state index in [0.717, 1.165) is 16.8 Å². The molecule has 0 N–H and O–H groups in total. The topological polar surface area (TPSA) is 69.7 Å². The van der Waals surface area contributed by atoms with E-state index in [1.807, 2.05) is 0 Å². The third-order valence-electron chi connectivity index (χ3n) is 5.32. The molecule has 2 aromatic carbocycles. The number of hydrogen-bond donors (Lipinski definition) is 0. The van der Waals surface area contributed by atoms with Crippen LogP contribution in [0.3, 0.4) is 0 Å². The highest BCUT2D eigenvalue weighted by Gasteiger charge is 2.55. The van der Waals surface area contributed by atoms with E-state index in [1.165, 1.54) is 0 Å². The van der Waals surface area contributed by atoms with E-state index in [1.54, 1.807) is 69.3 Å². The number of halogens is 1. The van der Waals surface area contributed by atoms with Crippen molar-refractivity contribution in [2.24, 2.45) is 5.92 Å². The lowest BCUT2D eigenvalue weighted by Crippen LogP contribution is -2.56. The molecule has 0 saturated carbocycles. The summed E-state index contributed by atoms with van der Waals surface area (Å²) in [7, 11) is -3.97. The van der Waals surface area contributed by atoms with Crippen molar-refractivity contribution < 1.29 is 13.2 Å². The van der Waals surface area contributed by atoms with Crippen LogP contribution in [0.1, 0.15) is 44.4 Å². The maximum Gasteiger partial charge on any atom is 0.201 e. The average Bonchev–Trinajstić information content (AvgIpc) is 2.67. The van der Waals surface area contributed by atoms with E-state index in [2.05, 4.69) is 15.9 Å². The molecule has 1 aliphatic rings. The fourth-order valence-corrected chi connectivity index (χ4v) is 6.83. The number of hydroxylamine groups is 2. The molecule has 0 bridgehead atoms. The number of sulfone groups is 1. The van der Waals surface area contributed by atoms with Gasteiger partial charge in [-0.25, -0.2) is 8.42 Å². The Kier molecular flexibility index (Phi) is 6.20. The predicted molar refractivity (Wildman–Crippen MR) is 114 cm³/mol. The standard InChI is InChI=1S/C21H25BrNO4S/c1-15(2)21(17-8-6-9-18(14-17)27-13-7-12-22)23(24)16(3)19-10-4-5-11-20(19)28(21,25)26/h4-6,8-11,14-16H,7,12-13H2,1-3H3/q-1. The normalized spacial score (nSPS) is 24.1. The summed E-state index contributed by atoms with van der Waals surface area (Å²) >= 11 is 3.36. The molecule has 2 unspecified atom stereocenters. The number of benzene rings is 2. The van der Waals surface area contributed by atoms with E-state index in [0.29, 0.717) is 23.5 Å². The van der Waals surface area contributed by atoms with Gasteiger partial charge in [0, 0.05) is 11.4 Å². The molecule has 2 atom stereocenters. The van der Waals surface area contributed by atoms with Gasteiger partial charge in [-0.3, -0.25) is 0 Å². The van der Waals surface area contributed by atoms with Gasteiger partial charge in [-0.15, -0.1) is 0 Å². The second-order valence-corrected chi connectivity index (χ2v) is 10.2. The summed E-state index contributed by atoms with van der Waals surface area (Å²) in [5.41, 5.74) is 0.980. The Bertz CT molecular complexity index is 947. The smallest absolute Gasteiger partial charge is 0.201 e. The Morgan fingerprint density at radius 2 is 1.93 bits per heavy atom. The maximum absolute atomic E-state index is 13.8. The van der Waals surface area contributed by atoms with Gasteiger partial charge in [0.1, 0.15) is 10.6 Å². The Labute approximate surface area is 175 Å². The summed E-state index contributed by atoms with van der Waals surface area (Å²) in [6, 6.07) is 13.1. The van der Waals surface area contributed by atoms with Crippen molar-refractivity contribution in [3.05, 3.63) is 64.9 Å². The highest BCUT2D eigenvalue weighted by molar-refractivity contribution is 9.09. The van der Waals surface area contributed by atoms with Crippen LogP contribution in [-0.2, 0) is 14.7 Å². The molecule has 0 radical (unpaired) electrons. The molecular weight excluding hydrogens is 442 g/mol. The summed E-state index contributed by atoms with van der Waals surface area (Å²) in [4.78, 5) is -1.48. The molecule has 152 valence electrons. The quantitative estimate of drug-likeness (QED) is 0.442. The number of hydrogen-bond acceptors (Lipinski definition) is 5. The van der Waals surface area contributed by atoms with Crippen molar-refractivity contribution in [2.45, 2.75) is 43.0 Å². The van der Waals surface area contributed by atoms with Crippen LogP contribution in [0.25, 0.3) is 0 Å². The second-order valence-electron chi connectivity index (χ2n) is 7.31. The average molecular weight is 467 g/mol. The summed E-state index contributed by atoms with van der Waals surface area (Å²) in [5.74, 6) is 0.0946. The second kappa shape index (κ2) is 8.14. The minimum absolute atomic E-state index is 0.230. The SMILES string of the molecule is CC1c2ccccc2S(=O)(=O)C(c2cccc(OCCCBr)c2)(C(C)C)N1[O-]. The van der Waals surface area contributed by atoms with Crippen LogP contribution in [0, 0.1) is 11.1 Å². The highest BCUT2D eigenvalue weighted by atomic mass is 79.9. The fraction of sp³-hybridized carbons (Fsp3) is 0.429. The largest absolute Gasteiger partial charge is 0.783 e. The molecule has 0 aromatic heterocycles. The monoisotopic (exact) mass is 466 g/mol. The molecule has 1 heterocycles. The van der Waals surface area contributed by atoms with Gasteiger partial charge < -0.3 is 15.0 Å². The van der Waals surface area contributed by atoms with Crippen LogP contribution in [0.15, 0.2) is 53.4 Å². The number of rotatable bonds is 6. The van der Waals surface area contributed by atoms with Gasteiger partial charge in [-0.1, -0.05) is 60.1 Å². The highest BCUT2D eigenvalue weighted by Crippen LogP contribution is 2.53. The molecule has 5 nitrogen and oxygen atoms in total. The van der Waals surface area contributed by atoms with Gasteiger partial charge in [-0.05, 0) is 48.6 Å². The lowest BCUT2D eigenvalue weighted by atomic mass is 9.92. The number of ether oxygens (including phenoxy) is 1. The van der Waals surface area contributed by atoms with Gasteiger partial charge in [0.15, 0.2) is 0 Å². The van der Waals surface area contributed by atoms with E-state index in [4.69, 9.17) is 4.74 Å². The van der Waals surface area contributed by atoms with E-state index in [9.17, 15) is 13.6 Å². The Hall–Kier alpha value is -1.41. The van der Waals surface area contributed by atoms with E-state index >= 15 is 0 Å². The van der Waals surface area contributed by atoms with Crippen LogP contribution >= 0.6 is 15.9 Å². The Balaban J connectivity index is 2.21. The lowest BCUT2D eigenvalue weighted by Gasteiger charge is -2.56. The Morgan fingerprint density at radius 3 is 2.61 bits per heavy atom. The van der Waals surface area contributed by atoms with Gasteiger partial charge in [0.05, 0.1) is 11.5 Å². The number of alkyl halides is 1. The first-order valence-electron chi connectivity index (χ1n) is 9.37. The van der Waals surface area contributed by atoms with Crippen LogP contribution in [0.4, 0.5) is 0 Å².